The number of hydrogen-bond acceptors (Lipinski definition) is 3. The van der Waals surface area contributed by atoms with Crippen LogP contribution in [-0.4, -0.2) is 40.1 Å². The minimum absolute atomic E-state index is 0.00453. The predicted octanol–water partition coefficient (Wildman–Crippen LogP) is 2.04. The highest BCUT2D eigenvalue weighted by Gasteiger charge is 2.33. The number of aromatic nitrogens is 2. The van der Waals surface area contributed by atoms with Gasteiger partial charge in [-0.15, -0.1) is 0 Å². The van der Waals surface area contributed by atoms with E-state index in [9.17, 15) is 9.18 Å². The normalized spacial score (nSPS) is 20.2. The molecule has 1 saturated heterocycles. The molecule has 0 bridgehead atoms. The Hall–Kier alpha value is -2.21. The summed E-state index contributed by atoms with van der Waals surface area (Å²) in [5, 5.41) is 10.6. The number of nitrogens with one attached hydrogen (secondary N) is 2. The maximum Gasteiger partial charge on any atom is 0.274 e. The molecule has 1 aromatic carbocycles. The van der Waals surface area contributed by atoms with Crippen LogP contribution in [-0.2, 0) is 19.4 Å². The fourth-order valence-corrected chi connectivity index (χ4v) is 3.79. The molecule has 0 radical (unpaired) electrons. The molecule has 2 aliphatic rings. The minimum Gasteiger partial charge on any atom is -0.334 e. The predicted molar refractivity (Wildman–Crippen MR) is 88.2 cm³/mol. The highest BCUT2D eigenvalue weighted by Crippen LogP contribution is 2.25. The second-order valence-corrected chi connectivity index (χ2v) is 6.58. The molecule has 1 unspecified atom stereocenters. The van der Waals surface area contributed by atoms with Crippen LogP contribution >= 0.6 is 0 Å². The van der Waals surface area contributed by atoms with Crippen LogP contribution < -0.4 is 5.32 Å². The summed E-state index contributed by atoms with van der Waals surface area (Å²) >= 11 is 0. The van der Waals surface area contributed by atoms with Gasteiger partial charge in [0.05, 0.1) is 0 Å². The summed E-state index contributed by atoms with van der Waals surface area (Å²) < 4.78 is 13.4. The SMILES string of the molecule is O=C(c1n[nH]c2c1CNCC2)N1CCCC1Cc1cccc(F)c1. The summed E-state index contributed by atoms with van der Waals surface area (Å²) in [6.07, 6.45) is 3.50. The molecule has 0 aliphatic carbocycles. The quantitative estimate of drug-likeness (QED) is 0.906. The first-order chi connectivity index (χ1) is 11.7. The number of rotatable bonds is 3. The molecule has 1 aromatic heterocycles. The molecule has 24 heavy (non-hydrogen) atoms. The van der Waals surface area contributed by atoms with Crippen LogP contribution in [0, 0.1) is 5.82 Å². The van der Waals surface area contributed by atoms with Crippen molar-refractivity contribution in [3.63, 3.8) is 0 Å². The second-order valence-electron chi connectivity index (χ2n) is 6.58. The van der Waals surface area contributed by atoms with Gasteiger partial charge < -0.3 is 10.2 Å². The lowest BCUT2D eigenvalue weighted by molar-refractivity contribution is 0.0729. The number of hydrogen-bond donors (Lipinski definition) is 2. The fraction of sp³-hybridized carbons (Fsp3) is 0.444. The van der Waals surface area contributed by atoms with E-state index in [1.54, 1.807) is 12.1 Å². The van der Waals surface area contributed by atoms with Crippen molar-refractivity contribution in [3.8, 4) is 0 Å². The van der Waals surface area contributed by atoms with Crippen molar-refractivity contribution in [3.05, 3.63) is 52.6 Å². The Morgan fingerprint density at radius 2 is 2.33 bits per heavy atom. The van der Waals surface area contributed by atoms with Crippen LogP contribution in [0.5, 0.6) is 0 Å². The zero-order chi connectivity index (χ0) is 16.5. The lowest BCUT2D eigenvalue weighted by Gasteiger charge is -2.25. The van der Waals surface area contributed by atoms with Crippen LogP contribution in [0.4, 0.5) is 4.39 Å². The van der Waals surface area contributed by atoms with E-state index in [2.05, 4.69) is 15.5 Å². The van der Waals surface area contributed by atoms with Crippen molar-refractivity contribution < 1.29 is 9.18 Å². The van der Waals surface area contributed by atoms with Gasteiger partial charge in [-0.2, -0.15) is 5.10 Å². The number of benzene rings is 1. The number of aromatic amines is 1. The Balaban J connectivity index is 1.54. The van der Waals surface area contributed by atoms with Gasteiger partial charge in [-0.3, -0.25) is 9.89 Å². The number of amides is 1. The molecule has 126 valence electrons. The van der Waals surface area contributed by atoms with Gasteiger partial charge in [0.1, 0.15) is 5.82 Å². The molecule has 1 atom stereocenters. The monoisotopic (exact) mass is 328 g/mol. The zero-order valence-electron chi connectivity index (χ0n) is 13.5. The fourth-order valence-electron chi connectivity index (χ4n) is 3.79. The molecule has 3 heterocycles. The smallest absolute Gasteiger partial charge is 0.274 e. The lowest BCUT2D eigenvalue weighted by Crippen LogP contribution is -2.38. The molecule has 0 spiro atoms. The molecule has 2 aliphatic heterocycles. The van der Waals surface area contributed by atoms with E-state index in [1.165, 1.54) is 6.07 Å². The first-order valence-corrected chi connectivity index (χ1v) is 8.54. The molecule has 6 heteroatoms. The third-order valence-corrected chi connectivity index (χ3v) is 5.01. The molecule has 5 nitrogen and oxygen atoms in total. The van der Waals surface area contributed by atoms with Gasteiger partial charge in [-0.1, -0.05) is 12.1 Å². The molecule has 1 amide bonds. The standard InChI is InChI=1S/C18H21FN4O/c19-13-4-1-3-12(9-13)10-14-5-2-8-23(14)18(24)17-15-11-20-7-6-16(15)21-22-17/h1,3-4,9,14,20H,2,5-8,10-11H2,(H,21,22). The summed E-state index contributed by atoms with van der Waals surface area (Å²) in [5.74, 6) is -0.231. The number of halogens is 1. The van der Waals surface area contributed by atoms with Crippen LogP contribution in [0.25, 0.3) is 0 Å². The second kappa shape index (κ2) is 6.36. The Kier molecular flexibility index (Phi) is 4.06. The summed E-state index contributed by atoms with van der Waals surface area (Å²) in [6, 6.07) is 6.76. The Morgan fingerprint density at radius 3 is 3.21 bits per heavy atom. The van der Waals surface area contributed by atoms with Crippen LogP contribution in [0.3, 0.4) is 0 Å². The van der Waals surface area contributed by atoms with E-state index in [4.69, 9.17) is 0 Å². The first kappa shape index (κ1) is 15.3. The van der Waals surface area contributed by atoms with E-state index in [-0.39, 0.29) is 17.8 Å². The number of carbonyl (C=O) groups excluding carboxylic acids is 1. The van der Waals surface area contributed by atoms with Crippen LogP contribution in [0.15, 0.2) is 24.3 Å². The maximum absolute atomic E-state index is 13.4. The van der Waals surface area contributed by atoms with Crippen molar-refractivity contribution in [2.24, 2.45) is 0 Å². The van der Waals surface area contributed by atoms with Crippen LogP contribution in [0.2, 0.25) is 0 Å². The number of nitrogens with zero attached hydrogens (tertiary/aromatic N) is 2. The van der Waals surface area contributed by atoms with Crippen LogP contribution in [0.1, 0.15) is 40.2 Å². The van der Waals surface area contributed by atoms with Crippen molar-refractivity contribution in [2.75, 3.05) is 13.1 Å². The van der Waals surface area contributed by atoms with Gasteiger partial charge in [0, 0.05) is 43.4 Å². The lowest BCUT2D eigenvalue weighted by atomic mass is 10.0. The zero-order valence-corrected chi connectivity index (χ0v) is 13.5. The Bertz CT molecular complexity index is 757. The van der Waals surface area contributed by atoms with E-state index in [1.807, 2.05) is 11.0 Å². The van der Waals surface area contributed by atoms with Gasteiger partial charge in [0.25, 0.3) is 5.91 Å². The molecule has 4 rings (SSSR count). The summed E-state index contributed by atoms with van der Waals surface area (Å²) in [6.45, 7) is 2.35. The number of likely N-dealkylation sites (tertiary alicyclic amines) is 1. The number of carbonyl (C=O) groups is 1. The average Bonchev–Trinajstić information content (AvgIpc) is 3.21. The van der Waals surface area contributed by atoms with E-state index >= 15 is 0 Å². The maximum atomic E-state index is 13.4. The highest BCUT2D eigenvalue weighted by molar-refractivity contribution is 5.94. The van der Waals surface area contributed by atoms with Crippen molar-refractivity contribution in [2.45, 2.75) is 38.3 Å². The molecule has 0 saturated carbocycles. The largest absolute Gasteiger partial charge is 0.334 e. The van der Waals surface area contributed by atoms with Crippen molar-refractivity contribution >= 4 is 5.91 Å². The van der Waals surface area contributed by atoms with Gasteiger partial charge in [0.15, 0.2) is 5.69 Å². The third-order valence-electron chi connectivity index (χ3n) is 5.01. The summed E-state index contributed by atoms with van der Waals surface area (Å²) in [5.41, 5.74) is 3.55. The number of fused-ring (bicyclic) bond motifs is 1. The molecular formula is C18H21FN4O. The summed E-state index contributed by atoms with van der Waals surface area (Å²) in [7, 11) is 0. The Labute approximate surface area is 140 Å². The molecular weight excluding hydrogens is 307 g/mol. The third kappa shape index (κ3) is 2.82. The minimum atomic E-state index is -0.226. The molecule has 2 aromatic rings. The molecule has 1 fully saturated rings. The van der Waals surface area contributed by atoms with E-state index in [0.29, 0.717) is 18.7 Å². The van der Waals surface area contributed by atoms with Gasteiger partial charge in [-0.25, -0.2) is 4.39 Å². The number of H-pyrrole nitrogens is 1. The molecule has 2 N–H and O–H groups in total. The van der Waals surface area contributed by atoms with E-state index < -0.39 is 0 Å². The van der Waals surface area contributed by atoms with Gasteiger partial charge in [-0.05, 0) is 37.0 Å². The van der Waals surface area contributed by atoms with Gasteiger partial charge in [0.2, 0.25) is 0 Å². The van der Waals surface area contributed by atoms with E-state index in [0.717, 1.165) is 49.2 Å². The first-order valence-electron chi connectivity index (χ1n) is 8.54. The average molecular weight is 328 g/mol. The van der Waals surface area contributed by atoms with Gasteiger partial charge >= 0.3 is 0 Å². The Morgan fingerprint density at radius 1 is 1.42 bits per heavy atom. The topological polar surface area (TPSA) is 61.0 Å². The van der Waals surface area contributed by atoms with Crippen molar-refractivity contribution in [1.82, 2.24) is 20.4 Å². The highest BCUT2D eigenvalue weighted by atomic mass is 19.1. The summed E-state index contributed by atoms with van der Waals surface area (Å²) in [4.78, 5) is 14.9. The van der Waals surface area contributed by atoms with Crippen molar-refractivity contribution in [1.29, 1.82) is 0 Å².